The highest BCUT2D eigenvalue weighted by atomic mass is 16.5. The van der Waals surface area contributed by atoms with Gasteiger partial charge in [0.15, 0.2) is 5.69 Å². The smallest absolute Gasteiger partial charge is 0.272 e. The molecule has 0 saturated carbocycles. The summed E-state index contributed by atoms with van der Waals surface area (Å²) in [4.78, 5) is 14.5. The van der Waals surface area contributed by atoms with Gasteiger partial charge < -0.3 is 15.0 Å². The zero-order valence-corrected chi connectivity index (χ0v) is 12.6. The third kappa shape index (κ3) is 3.19. The molecular weight excluding hydrogens is 256 g/mol. The summed E-state index contributed by atoms with van der Waals surface area (Å²) in [5.74, 6) is -0.0977. The molecular formula is C14H24N4O2. The molecule has 0 aromatic carbocycles. The van der Waals surface area contributed by atoms with Gasteiger partial charge in [-0.3, -0.25) is 9.48 Å². The van der Waals surface area contributed by atoms with Crippen LogP contribution in [-0.4, -0.2) is 53.4 Å². The van der Waals surface area contributed by atoms with E-state index in [4.69, 9.17) is 4.74 Å². The number of carbonyl (C=O) groups is 1. The molecule has 0 atom stereocenters. The number of nitrogens with zero attached hydrogens (tertiary/aromatic N) is 3. The molecule has 2 heterocycles. The van der Waals surface area contributed by atoms with Gasteiger partial charge in [0.1, 0.15) is 0 Å². The highest BCUT2D eigenvalue weighted by molar-refractivity contribution is 5.94. The Morgan fingerprint density at radius 2 is 2.20 bits per heavy atom. The Bertz CT molecular complexity index is 466. The molecule has 1 aliphatic rings. The monoisotopic (exact) mass is 280 g/mol. The van der Waals surface area contributed by atoms with Gasteiger partial charge in [-0.25, -0.2) is 0 Å². The maximum Gasteiger partial charge on any atom is 0.272 e. The van der Waals surface area contributed by atoms with Crippen molar-refractivity contribution in [1.29, 1.82) is 0 Å². The zero-order chi connectivity index (χ0) is 14.5. The van der Waals surface area contributed by atoms with Gasteiger partial charge in [0.2, 0.25) is 0 Å². The number of hydrogen-bond acceptors (Lipinski definition) is 4. The molecule has 1 amide bonds. The molecule has 0 unspecified atom stereocenters. The predicted molar refractivity (Wildman–Crippen MR) is 76.7 cm³/mol. The highest BCUT2D eigenvalue weighted by Crippen LogP contribution is 2.19. The minimum absolute atomic E-state index is 0.0977. The molecule has 0 aliphatic carbocycles. The first-order valence-corrected chi connectivity index (χ1v) is 7.30. The van der Waals surface area contributed by atoms with E-state index in [0.29, 0.717) is 25.5 Å². The van der Waals surface area contributed by atoms with Crippen molar-refractivity contribution in [1.82, 2.24) is 20.0 Å². The van der Waals surface area contributed by atoms with Crippen molar-refractivity contribution in [3.63, 3.8) is 0 Å². The summed E-state index contributed by atoms with van der Waals surface area (Å²) in [6.45, 7) is 8.95. The first-order valence-electron chi connectivity index (χ1n) is 7.30. The SMILES string of the molecule is CCN(CC)CCNC(=O)c1nn(C)c2c1COCC2. The molecule has 1 aliphatic heterocycles. The molecule has 1 aromatic rings. The van der Waals surface area contributed by atoms with E-state index < -0.39 is 0 Å². The normalized spacial score (nSPS) is 14.4. The van der Waals surface area contributed by atoms with Crippen LogP contribution in [-0.2, 0) is 24.8 Å². The fraction of sp³-hybridized carbons (Fsp3) is 0.714. The molecule has 1 N–H and O–H groups in total. The summed E-state index contributed by atoms with van der Waals surface area (Å²) in [5.41, 5.74) is 2.57. The molecule has 20 heavy (non-hydrogen) atoms. The number of nitrogens with one attached hydrogen (secondary N) is 1. The van der Waals surface area contributed by atoms with Gasteiger partial charge in [-0.2, -0.15) is 5.10 Å². The molecule has 0 radical (unpaired) electrons. The number of rotatable bonds is 6. The first kappa shape index (κ1) is 15.0. The van der Waals surface area contributed by atoms with Gasteiger partial charge in [0.05, 0.1) is 13.2 Å². The topological polar surface area (TPSA) is 59.4 Å². The largest absolute Gasteiger partial charge is 0.376 e. The standard InChI is InChI=1S/C14H24N4O2/c1-4-18(5-2)8-7-15-14(19)13-11-10-20-9-6-12(11)17(3)16-13/h4-10H2,1-3H3,(H,15,19). The minimum Gasteiger partial charge on any atom is -0.376 e. The summed E-state index contributed by atoms with van der Waals surface area (Å²) in [5, 5.41) is 7.29. The molecule has 0 fully saturated rings. The van der Waals surface area contributed by atoms with Gasteiger partial charge in [-0.05, 0) is 13.1 Å². The zero-order valence-electron chi connectivity index (χ0n) is 12.6. The lowest BCUT2D eigenvalue weighted by molar-refractivity contribution is 0.0921. The van der Waals surface area contributed by atoms with Crippen LogP contribution in [0.25, 0.3) is 0 Å². The third-order valence-electron chi connectivity index (χ3n) is 3.83. The number of ether oxygens (including phenoxy) is 1. The van der Waals surface area contributed by atoms with Crippen LogP contribution in [0.15, 0.2) is 0 Å². The number of amides is 1. The van der Waals surface area contributed by atoms with Crippen LogP contribution >= 0.6 is 0 Å². The quantitative estimate of drug-likeness (QED) is 0.827. The van der Waals surface area contributed by atoms with E-state index in [2.05, 4.69) is 29.2 Å². The van der Waals surface area contributed by atoms with E-state index in [1.54, 1.807) is 4.68 Å². The molecule has 0 spiro atoms. The van der Waals surface area contributed by atoms with Gasteiger partial charge in [-0.15, -0.1) is 0 Å². The summed E-state index contributed by atoms with van der Waals surface area (Å²) in [6.07, 6.45) is 0.825. The Morgan fingerprint density at radius 3 is 2.90 bits per heavy atom. The first-order chi connectivity index (χ1) is 9.67. The van der Waals surface area contributed by atoms with Crippen molar-refractivity contribution < 1.29 is 9.53 Å². The summed E-state index contributed by atoms with van der Waals surface area (Å²) in [7, 11) is 1.89. The van der Waals surface area contributed by atoms with Gasteiger partial charge in [0, 0.05) is 37.8 Å². The van der Waals surface area contributed by atoms with Crippen LogP contribution in [0.1, 0.15) is 35.6 Å². The van der Waals surface area contributed by atoms with E-state index in [-0.39, 0.29) is 5.91 Å². The number of aromatic nitrogens is 2. The number of carbonyl (C=O) groups excluding carboxylic acids is 1. The lowest BCUT2D eigenvalue weighted by atomic mass is 10.1. The molecule has 1 aromatic heterocycles. The average Bonchev–Trinajstić information content (AvgIpc) is 2.81. The molecule has 6 nitrogen and oxygen atoms in total. The van der Waals surface area contributed by atoms with E-state index in [1.165, 1.54) is 0 Å². The Hall–Kier alpha value is -1.40. The Morgan fingerprint density at radius 1 is 1.45 bits per heavy atom. The Balaban J connectivity index is 1.96. The lowest BCUT2D eigenvalue weighted by Crippen LogP contribution is -2.35. The van der Waals surface area contributed by atoms with E-state index >= 15 is 0 Å². The Kier molecular flexibility index (Phi) is 5.14. The average molecular weight is 280 g/mol. The fourth-order valence-electron chi connectivity index (χ4n) is 2.54. The maximum atomic E-state index is 12.2. The summed E-state index contributed by atoms with van der Waals surface area (Å²) in [6, 6.07) is 0. The highest BCUT2D eigenvalue weighted by Gasteiger charge is 2.23. The van der Waals surface area contributed by atoms with Crippen LogP contribution in [0, 0.1) is 0 Å². The van der Waals surface area contributed by atoms with Crippen molar-refractivity contribution >= 4 is 5.91 Å². The molecule has 2 rings (SSSR count). The second-order valence-electron chi connectivity index (χ2n) is 4.98. The number of aryl methyl sites for hydroxylation is 1. The summed E-state index contributed by atoms with van der Waals surface area (Å²) >= 11 is 0. The fourth-order valence-corrected chi connectivity index (χ4v) is 2.54. The van der Waals surface area contributed by atoms with Crippen LogP contribution < -0.4 is 5.32 Å². The van der Waals surface area contributed by atoms with E-state index in [1.807, 2.05) is 7.05 Å². The molecule has 6 heteroatoms. The molecule has 0 bridgehead atoms. The second kappa shape index (κ2) is 6.85. The predicted octanol–water partition coefficient (Wildman–Crippen LogP) is 0.564. The van der Waals surface area contributed by atoms with E-state index in [0.717, 1.165) is 37.3 Å². The molecule has 112 valence electrons. The Labute approximate surface area is 120 Å². The van der Waals surface area contributed by atoms with Gasteiger partial charge >= 0.3 is 0 Å². The number of fused-ring (bicyclic) bond motifs is 1. The van der Waals surface area contributed by atoms with Crippen LogP contribution in [0.4, 0.5) is 0 Å². The minimum atomic E-state index is -0.0977. The lowest BCUT2D eigenvalue weighted by Gasteiger charge is -2.18. The number of hydrogen-bond donors (Lipinski definition) is 1. The van der Waals surface area contributed by atoms with Gasteiger partial charge in [0.25, 0.3) is 5.91 Å². The van der Waals surface area contributed by atoms with Crippen molar-refractivity contribution in [3.8, 4) is 0 Å². The second-order valence-corrected chi connectivity index (χ2v) is 4.98. The number of likely N-dealkylation sites (N-methyl/N-ethyl adjacent to an activating group) is 1. The van der Waals surface area contributed by atoms with Crippen molar-refractivity contribution in [2.45, 2.75) is 26.9 Å². The van der Waals surface area contributed by atoms with Crippen LogP contribution in [0.5, 0.6) is 0 Å². The van der Waals surface area contributed by atoms with Crippen molar-refractivity contribution in [3.05, 3.63) is 17.0 Å². The van der Waals surface area contributed by atoms with Crippen molar-refractivity contribution in [2.24, 2.45) is 7.05 Å². The van der Waals surface area contributed by atoms with Crippen molar-refractivity contribution in [2.75, 3.05) is 32.8 Å². The van der Waals surface area contributed by atoms with Crippen LogP contribution in [0.2, 0.25) is 0 Å². The van der Waals surface area contributed by atoms with E-state index in [9.17, 15) is 4.79 Å². The third-order valence-corrected chi connectivity index (χ3v) is 3.83. The maximum absolute atomic E-state index is 12.2. The van der Waals surface area contributed by atoms with Gasteiger partial charge in [-0.1, -0.05) is 13.8 Å². The summed E-state index contributed by atoms with van der Waals surface area (Å²) < 4.78 is 7.24. The van der Waals surface area contributed by atoms with Crippen LogP contribution in [0.3, 0.4) is 0 Å². The molecule has 0 saturated heterocycles.